The number of H-pyrrole nitrogens is 1. The van der Waals surface area contributed by atoms with E-state index in [0.717, 1.165) is 22.5 Å². The Morgan fingerprint density at radius 2 is 2.00 bits per heavy atom. The molecule has 1 heterocycles. The summed E-state index contributed by atoms with van der Waals surface area (Å²) in [6, 6.07) is 11.7. The molecule has 4 heteroatoms. The van der Waals surface area contributed by atoms with E-state index < -0.39 is 0 Å². The van der Waals surface area contributed by atoms with Gasteiger partial charge in [0.05, 0.1) is 18.2 Å². The molecule has 0 aliphatic rings. The number of hydrogen-bond acceptors (Lipinski definition) is 3. The van der Waals surface area contributed by atoms with Crippen LogP contribution in [0.2, 0.25) is 0 Å². The van der Waals surface area contributed by atoms with Crippen LogP contribution in [0.25, 0.3) is 22.4 Å². The highest BCUT2D eigenvalue weighted by molar-refractivity contribution is 6.02. The Morgan fingerprint density at radius 3 is 2.71 bits per heavy atom. The Labute approximate surface area is 122 Å². The van der Waals surface area contributed by atoms with Crippen molar-refractivity contribution in [1.82, 2.24) is 9.97 Å². The lowest BCUT2D eigenvalue weighted by atomic mass is 10.1. The van der Waals surface area contributed by atoms with Gasteiger partial charge < -0.3 is 9.72 Å². The van der Waals surface area contributed by atoms with Gasteiger partial charge in [-0.2, -0.15) is 0 Å². The standard InChI is InChI=1S/C17H16N2O2/c1-10-7-8-12(11(2)9-10)16-18-14-6-4-5-13(15(14)19-16)17(20)21-3/h4-9H,1-3H3,(H,18,19). The topological polar surface area (TPSA) is 55.0 Å². The third-order valence-electron chi connectivity index (χ3n) is 3.56. The van der Waals surface area contributed by atoms with Crippen LogP contribution in [0.5, 0.6) is 0 Å². The average molecular weight is 280 g/mol. The Morgan fingerprint density at radius 1 is 1.19 bits per heavy atom. The van der Waals surface area contributed by atoms with Crippen LogP contribution in [0.4, 0.5) is 0 Å². The summed E-state index contributed by atoms with van der Waals surface area (Å²) in [5, 5.41) is 0. The Hall–Kier alpha value is -2.62. The lowest BCUT2D eigenvalue weighted by molar-refractivity contribution is 0.0603. The van der Waals surface area contributed by atoms with Crippen LogP contribution in [0.15, 0.2) is 36.4 Å². The zero-order valence-electron chi connectivity index (χ0n) is 12.2. The molecule has 2 aromatic carbocycles. The number of benzene rings is 2. The molecule has 0 amide bonds. The van der Waals surface area contributed by atoms with Crippen molar-refractivity contribution < 1.29 is 9.53 Å². The fraction of sp³-hybridized carbons (Fsp3) is 0.176. The van der Waals surface area contributed by atoms with Crippen LogP contribution in [-0.2, 0) is 4.74 Å². The second kappa shape index (κ2) is 5.05. The van der Waals surface area contributed by atoms with Crippen molar-refractivity contribution in [3.63, 3.8) is 0 Å². The maximum absolute atomic E-state index is 11.8. The number of rotatable bonds is 2. The molecule has 0 radical (unpaired) electrons. The summed E-state index contributed by atoms with van der Waals surface area (Å²) in [7, 11) is 1.37. The van der Waals surface area contributed by atoms with Crippen LogP contribution in [-0.4, -0.2) is 23.0 Å². The fourth-order valence-corrected chi connectivity index (χ4v) is 2.51. The summed E-state index contributed by atoms with van der Waals surface area (Å²) in [5.41, 5.74) is 5.33. The number of carbonyl (C=O) groups excluding carboxylic acids is 1. The SMILES string of the molecule is COC(=O)c1cccc2[nH]c(-c3ccc(C)cc3C)nc12. The predicted molar refractivity (Wildman–Crippen MR) is 82.3 cm³/mol. The summed E-state index contributed by atoms with van der Waals surface area (Å²) in [5.74, 6) is 0.387. The van der Waals surface area contributed by atoms with Crippen molar-refractivity contribution in [3.05, 3.63) is 53.1 Å². The quantitative estimate of drug-likeness (QED) is 0.729. The monoisotopic (exact) mass is 280 g/mol. The number of aromatic nitrogens is 2. The molecule has 0 fully saturated rings. The summed E-state index contributed by atoms with van der Waals surface area (Å²) < 4.78 is 4.81. The van der Waals surface area contributed by atoms with Crippen molar-refractivity contribution in [2.75, 3.05) is 7.11 Å². The normalized spacial score (nSPS) is 10.8. The maximum atomic E-state index is 11.8. The Kier molecular flexibility index (Phi) is 3.22. The van der Waals surface area contributed by atoms with Crippen LogP contribution in [0.3, 0.4) is 0 Å². The van der Waals surface area contributed by atoms with Crippen molar-refractivity contribution >= 4 is 17.0 Å². The summed E-state index contributed by atoms with van der Waals surface area (Å²) in [6.45, 7) is 4.11. The van der Waals surface area contributed by atoms with Gasteiger partial charge in [-0.25, -0.2) is 9.78 Å². The Balaban J connectivity index is 2.19. The highest BCUT2D eigenvalue weighted by Crippen LogP contribution is 2.26. The highest BCUT2D eigenvalue weighted by Gasteiger charge is 2.15. The predicted octanol–water partition coefficient (Wildman–Crippen LogP) is 3.63. The van der Waals surface area contributed by atoms with Gasteiger partial charge in [-0.05, 0) is 31.5 Å². The van der Waals surface area contributed by atoms with Gasteiger partial charge in [-0.3, -0.25) is 0 Å². The molecule has 1 N–H and O–H groups in total. The van der Waals surface area contributed by atoms with Crippen molar-refractivity contribution in [2.45, 2.75) is 13.8 Å². The van der Waals surface area contributed by atoms with Gasteiger partial charge in [0.2, 0.25) is 0 Å². The molecule has 1 aromatic heterocycles. The number of carbonyl (C=O) groups is 1. The molecule has 3 aromatic rings. The summed E-state index contributed by atoms with van der Waals surface area (Å²) in [4.78, 5) is 19.7. The van der Waals surface area contributed by atoms with Crippen molar-refractivity contribution in [1.29, 1.82) is 0 Å². The molecule has 3 rings (SSSR count). The van der Waals surface area contributed by atoms with Gasteiger partial charge in [-0.15, -0.1) is 0 Å². The van der Waals surface area contributed by atoms with Crippen LogP contribution in [0, 0.1) is 13.8 Å². The first-order chi connectivity index (χ1) is 10.1. The fourth-order valence-electron chi connectivity index (χ4n) is 2.51. The minimum Gasteiger partial charge on any atom is -0.465 e. The summed E-state index contributed by atoms with van der Waals surface area (Å²) >= 11 is 0. The second-order valence-electron chi connectivity index (χ2n) is 5.10. The van der Waals surface area contributed by atoms with E-state index in [-0.39, 0.29) is 5.97 Å². The number of nitrogens with one attached hydrogen (secondary N) is 1. The number of fused-ring (bicyclic) bond motifs is 1. The molecule has 0 saturated heterocycles. The van der Waals surface area contributed by atoms with Gasteiger partial charge in [0.1, 0.15) is 11.3 Å². The zero-order valence-corrected chi connectivity index (χ0v) is 12.2. The number of aromatic amines is 1. The Bertz CT molecular complexity index is 834. The number of nitrogens with zero attached hydrogens (tertiary/aromatic N) is 1. The molecular formula is C17H16N2O2. The van der Waals surface area contributed by atoms with E-state index in [1.165, 1.54) is 12.7 Å². The number of hydrogen-bond donors (Lipinski definition) is 1. The van der Waals surface area contributed by atoms with Crippen LogP contribution in [0.1, 0.15) is 21.5 Å². The molecule has 106 valence electrons. The molecule has 0 aliphatic carbocycles. The molecule has 0 spiro atoms. The lowest BCUT2D eigenvalue weighted by Crippen LogP contribution is -2.01. The highest BCUT2D eigenvalue weighted by atomic mass is 16.5. The molecule has 0 unspecified atom stereocenters. The van der Waals surface area contributed by atoms with Gasteiger partial charge in [-0.1, -0.05) is 29.8 Å². The largest absolute Gasteiger partial charge is 0.465 e. The van der Waals surface area contributed by atoms with Gasteiger partial charge in [0.15, 0.2) is 0 Å². The van der Waals surface area contributed by atoms with Crippen LogP contribution >= 0.6 is 0 Å². The first-order valence-electron chi connectivity index (χ1n) is 6.75. The third kappa shape index (κ3) is 2.29. The molecular weight excluding hydrogens is 264 g/mol. The number of para-hydroxylation sites is 1. The van der Waals surface area contributed by atoms with Gasteiger partial charge in [0, 0.05) is 5.56 Å². The number of esters is 1. The minimum absolute atomic E-state index is 0.376. The number of imidazole rings is 1. The first-order valence-corrected chi connectivity index (χ1v) is 6.75. The molecule has 0 saturated carbocycles. The van der Waals surface area contributed by atoms with E-state index in [2.05, 4.69) is 35.9 Å². The van der Waals surface area contributed by atoms with Crippen molar-refractivity contribution in [3.8, 4) is 11.4 Å². The molecule has 4 nitrogen and oxygen atoms in total. The molecule has 0 aliphatic heterocycles. The van der Waals surface area contributed by atoms with Crippen molar-refractivity contribution in [2.24, 2.45) is 0 Å². The molecule has 0 atom stereocenters. The van der Waals surface area contributed by atoms with E-state index in [1.54, 1.807) is 6.07 Å². The van der Waals surface area contributed by atoms with E-state index in [9.17, 15) is 4.79 Å². The number of ether oxygens (including phenoxy) is 1. The second-order valence-corrected chi connectivity index (χ2v) is 5.10. The average Bonchev–Trinajstić information content (AvgIpc) is 2.89. The van der Waals surface area contributed by atoms with E-state index >= 15 is 0 Å². The molecule has 21 heavy (non-hydrogen) atoms. The summed E-state index contributed by atoms with van der Waals surface area (Å²) in [6.07, 6.45) is 0. The van der Waals surface area contributed by atoms with Crippen LogP contribution < -0.4 is 0 Å². The molecule has 0 bridgehead atoms. The third-order valence-corrected chi connectivity index (χ3v) is 3.56. The maximum Gasteiger partial charge on any atom is 0.340 e. The van der Waals surface area contributed by atoms with E-state index in [1.807, 2.05) is 18.2 Å². The van der Waals surface area contributed by atoms with E-state index in [4.69, 9.17) is 4.74 Å². The smallest absolute Gasteiger partial charge is 0.340 e. The van der Waals surface area contributed by atoms with E-state index in [0.29, 0.717) is 11.1 Å². The minimum atomic E-state index is -0.376. The zero-order chi connectivity index (χ0) is 15.0. The number of methoxy groups -OCH3 is 1. The first kappa shape index (κ1) is 13.4. The number of aryl methyl sites for hydroxylation is 2. The lowest BCUT2D eigenvalue weighted by Gasteiger charge is -2.03. The van der Waals surface area contributed by atoms with Gasteiger partial charge in [0.25, 0.3) is 0 Å². The van der Waals surface area contributed by atoms with Gasteiger partial charge >= 0.3 is 5.97 Å².